The molecule has 0 aliphatic carbocycles. The van der Waals surface area contributed by atoms with Crippen LogP contribution in [0.25, 0.3) is 17.1 Å². The highest BCUT2D eigenvalue weighted by molar-refractivity contribution is 5.90. The van der Waals surface area contributed by atoms with Crippen molar-refractivity contribution in [1.82, 2.24) is 44.5 Å². The average molecular weight is 443 g/mol. The molecule has 11 heteroatoms. The Morgan fingerprint density at radius 2 is 2.09 bits per heavy atom. The van der Waals surface area contributed by atoms with Crippen molar-refractivity contribution in [1.29, 1.82) is 0 Å². The molecule has 6 rings (SSSR count). The monoisotopic (exact) mass is 443 g/mol. The molecule has 1 aliphatic rings. The lowest BCUT2D eigenvalue weighted by Crippen LogP contribution is -2.41. The second-order valence-electron chi connectivity index (χ2n) is 8.21. The maximum Gasteiger partial charge on any atom is 0.312 e. The van der Waals surface area contributed by atoms with Gasteiger partial charge in [-0.25, -0.2) is 9.50 Å². The second kappa shape index (κ2) is 7.12. The van der Waals surface area contributed by atoms with Gasteiger partial charge in [0.2, 0.25) is 0 Å². The molecule has 166 valence electrons. The van der Waals surface area contributed by atoms with Crippen molar-refractivity contribution in [2.24, 2.45) is 7.05 Å². The minimum absolute atomic E-state index is 0.0859. The molecule has 0 fully saturated rings. The topological polar surface area (TPSA) is 123 Å². The second-order valence-corrected chi connectivity index (χ2v) is 8.21. The summed E-state index contributed by atoms with van der Waals surface area (Å²) in [6, 6.07) is 7.34. The number of pyridine rings is 1. The molecule has 5 aromatic heterocycles. The van der Waals surface area contributed by atoms with Crippen LogP contribution in [0, 0.1) is 13.8 Å². The first-order valence-corrected chi connectivity index (χ1v) is 10.6. The van der Waals surface area contributed by atoms with E-state index in [2.05, 4.69) is 25.3 Å². The van der Waals surface area contributed by atoms with E-state index in [9.17, 15) is 4.79 Å². The number of fused-ring (bicyclic) bond motifs is 2. The number of carbonyl (C=O) groups is 1. The quantitative estimate of drug-likeness (QED) is 0.454. The number of hydrogen-bond donors (Lipinski definition) is 1. The minimum Gasteiger partial charge on any atom is -0.411 e. The fourth-order valence-corrected chi connectivity index (χ4v) is 4.31. The smallest absolute Gasteiger partial charge is 0.312 e. The molecular formula is C22H21N9O2. The van der Waals surface area contributed by atoms with Crippen LogP contribution in [0.4, 0.5) is 0 Å². The van der Waals surface area contributed by atoms with Gasteiger partial charge in [-0.1, -0.05) is 6.07 Å². The van der Waals surface area contributed by atoms with E-state index in [-0.39, 0.29) is 17.7 Å². The van der Waals surface area contributed by atoms with Crippen molar-refractivity contribution < 1.29 is 9.21 Å². The zero-order valence-electron chi connectivity index (χ0n) is 18.3. The van der Waals surface area contributed by atoms with E-state index in [0.29, 0.717) is 18.7 Å². The molecule has 0 aromatic carbocycles. The molecule has 1 N–H and O–H groups in total. The maximum atomic E-state index is 13.5. The summed E-state index contributed by atoms with van der Waals surface area (Å²) >= 11 is 0. The van der Waals surface area contributed by atoms with Crippen LogP contribution < -0.4 is 0 Å². The summed E-state index contributed by atoms with van der Waals surface area (Å²) in [5, 5.41) is 17.2. The van der Waals surface area contributed by atoms with Gasteiger partial charge in [0.1, 0.15) is 11.7 Å². The van der Waals surface area contributed by atoms with E-state index in [1.54, 1.807) is 15.9 Å². The number of aromatic amines is 1. The van der Waals surface area contributed by atoms with Gasteiger partial charge in [-0.15, -0.1) is 10.2 Å². The molecule has 0 saturated carbocycles. The zero-order chi connectivity index (χ0) is 22.7. The standard InChI is InChI=1S/C22H21N9O2/c1-12-5-4-7-31-17(12)10-15(28-31)19-18-14(23-11-24-18)6-8-30(19)22(32)21-26-25-20(33-21)16-9-13(2)29(3)27-16/h4-5,7,9-11,19H,6,8H2,1-3H3,(H,23,24). The van der Waals surface area contributed by atoms with Crippen molar-refractivity contribution in [3.05, 3.63) is 71.0 Å². The van der Waals surface area contributed by atoms with Gasteiger partial charge in [0, 0.05) is 37.6 Å². The van der Waals surface area contributed by atoms with Crippen LogP contribution in [0.3, 0.4) is 0 Å². The van der Waals surface area contributed by atoms with E-state index in [0.717, 1.165) is 33.9 Å². The van der Waals surface area contributed by atoms with Gasteiger partial charge in [-0.3, -0.25) is 9.48 Å². The fraction of sp³-hybridized carbons (Fsp3) is 0.273. The largest absolute Gasteiger partial charge is 0.411 e. The first kappa shape index (κ1) is 19.4. The Morgan fingerprint density at radius 3 is 2.88 bits per heavy atom. The number of amides is 1. The molecule has 11 nitrogen and oxygen atoms in total. The number of rotatable bonds is 3. The molecule has 0 spiro atoms. The van der Waals surface area contributed by atoms with Gasteiger partial charge in [-0.2, -0.15) is 10.2 Å². The summed E-state index contributed by atoms with van der Waals surface area (Å²) in [5.41, 5.74) is 6.05. The number of H-pyrrole nitrogens is 1. The number of aromatic nitrogens is 8. The Kier molecular flexibility index (Phi) is 4.19. The van der Waals surface area contributed by atoms with Crippen molar-refractivity contribution in [3.63, 3.8) is 0 Å². The van der Waals surface area contributed by atoms with E-state index >= 15 is 0 Å². The number of imidazole rings is 1. The average Bonchev–Trinajstić information content (AvgIpc) is 3.59. The van der Waals surface area contributed by atoms with Crippen molar-refractivity contribution >= 4 is 11.4 Å². The van der Waals surface area contributed by atoms with Crippen LogP contribution in [-0.4, -0.2) is 56.9 Å². The molecule has 5 aromatic rings. The van der Waals surface area contributed by atoms with E-state index in [1.165, 1.54) is 0 Å². The molecule has 1 amide bonds. The van der Waals surface area contributed by atoms with Gasteiger partial charge >= 0.3 is 11.8 Å². The molecular weight excluding hydrogens is 422 g/mol. The third-order valence-electron chi connectivity index (χ3n) is 6.14. The summed E-state index contributed by atoms with van der Waals surface area (Å²) in [6.07, 6.45) is 4.19. The van der Waals surface area contributed by atoms with Gasteiger partial charge < -0.3 is 14.3 Å². The molecule has 6 heterocycles. The molecule has 0 radical (unpaired) electrons. The molecule has 0 bridgehead atoms. The van der Waals surface area contributed by atoms with Gasteiger partial charge in [0.25, 0.3) is 5.89 Å². The third-order valence-corrected chi connectivity index (χ3v) is 6.14. The normalized spacial score (nSPS) is 15.8. The zero-order valence-corrected chi connectivity index (χ0v) is 18.3. The number of carbonyl (C=O) groups excluding carboxylic acids is 1. The lowest BCUT2D eigenvalue weighted by molar-refractivity contribution is 0.0646. The van der Waals surface area contributed by atoms with Gasteiger partial charge in [0.05, 0.1) is 23.2 Å². The van der Waals surface area contributed by atoms with E-state index < -0.39 is 6.04 Å². The highest BCUT2D eigenvalue weighted by atomic mass is 16.4. The highest BCUT2D eigenvalue weighted by Crippen LogP contribution is 2.34. The highest BCUT2D eigenvalue weighted by Gasteiger charge is 2.38. The lowest BCUT2D eigenvalue weighted by atomic mass is 9.99. The molecule has 1 atom stereocenters. The number of aryl methyl sites for hydroxylation is 3. The number of nitrogens with zero attached hydrogens (tertiary/aromatic N) is 8. The lowest BCUT2D eigenvalue weighted by Gasteiger charge is -2.32. The Balaban J connectivity index is 1.40. The Morgan fingerprint density at radius 1 is 1.21 bits per heavy atom. The molecule has 1 aliphatic heterocycles. The number of nitrogens with one attached hydrogen (secondary N) is 1. The van der Waals surface area contributed by atoms with Crippen LogP contribution >= 0.6 is 0 Å². The number of hydrogen-bond acceptors (Lipinski definition) is 7. The van der Waals surface area contributed by atoms with Gasteiger partial charge in [0.15, 0.2) is 0 Å². The van der Waals surface area contributed by atoms with Crippen LogP contribution in [-0.2, 0) is 13.5 Å². The van der Waals surface area contributed by atoms with Crippen LogP contribution in [0.5, 0.6) is 0 Å². The predicted octanol–water partition coefficient (Wildman–Crippen LogP) is 2.25. The summed E-state index contributed by atoms with van der Waals surface area (Å²) in [5.74, 6) is -0.245. The van der Waals surface area contributed by atoms with Crippen molar-refractivity contribution in [2.75, 3.05) is 6.54 Å². The van der Waals surface area contributed by atoms with Gasteiger partial charge in [-0.05, 0) is 37.6 Å². The third kappa shape index (κ3) is 3.04. The van der Waals surface area contributed by atoms with Crippen molar-refractivity contribution in [3.8, 4) is 11.6 Å². The summed E-state index contributed by atoms with van der Waals surface area (Å²) in [6.45, 7) is 4.42. The summed E-state index contributed by atoms with van der Waals surface area (Å²) in [7, 11) is 1.83. The van der Waals surface area contributed by atoms with Crippen LogP contribution in [0.15, 0.2) is 41.2 Å². The molecule has 0 saturated heterocycles. The molecule has 33 heavy (non-hydrogen) atoms. The van der Waals surface area contributed by atoms with E-state index in [4.69, 9.17) is 9.52 Å². The first-order chi connectivity index (χ1) is 16.0. The first-order valence-electron chi connectivity index (χ1n) is 10.6. The molecule has 1 unspecified atom stereocenters. The Bertz CT molecular complexity index is 1490. The summed E-state index contributed by atoms with van der Waals surface area (Å²) < 4.78 is 9.28. The summed E-state index contributed by atoms with van der Waals surface area (Å²) in [4.78, 5) is 23.0. The maximum absolute atomic E-state index is 13.5. The SMILES string of the molecule is Cc1cccn2nc(C3c4nc[nH]c4CCN3C(=O)c3nnc(-c4cc(C)n(C)n4)o3)cc12. The fourth-order valence-electron chi connectivity index (χ4n) is 4.31. The van der Waals surface area contributed by atoms with Crippen molar-refractivity contribution in [2.45, 2.75) is 26.3 Å². The predicted molar refractivity (Wildman–Crippen MR) is 116 cm³/mol. The Labute approximate surface area is 188 Å². The van der Waals surface area contributed by atoms with E-state index in [1.807, 2.05) is 55.9 Å². The Hall–Kier alpha value is -4.28. The van der Waals surface area contributed by atoms with Crippen LogP contribution in [0.1, 0.15) is 45.1 Å². The van der Waals surface area contributed by atoms with Crippen LogP contribution in [0.2, 0.25) is 0 Å². The minimum atomic E-state index is -0.473.